The quantitative estimate of drug-likeness (QED) is 0.692. The molecule has 0 spiro atoms. The summed E-state index contributed by atoms with van der Waals surface area (Å²) in [6.07, 6.45) is -0.0862. The van der Waals surface area contributed by atoms with Crippen molar-refractivity contribution in [1.82, 2.24) is 10.2 Å². The zero-order chi connectivity index (χ0) is 15.4. The molecule has 21 heavy (non-hydrogen) atoms. The first-order chi connectivity index (χ1) is 9.95. The van der Waals surface area contributed by atoms with Crippen molar-refractivity contribution in [3.63, 3.8) is 0 Å². The number of anilines is 2. The fourth-order valence-electron chi connectivity index (χ4n) is 1.94. The van der Waals surface area contributed by atoms with Crippen LogP contribution in [-0.2, 0) is 11.2 Å². The Balaban J connectivity index is 2.04. The predicted molar refractivity (Wildman–Crippen MR) is 78.5 cm³/mol. The minimum Gasteiger partial charge on any atom is -0.481 e. The van der Waals surface area contributed by atoms with Crippen LogP contribution in [0.25, 0.3) is 0 Å². The Bertz CT molecular complexity index is 659. The molecule has 0 aliphatic heterocycles. The highest BCUT2D eigenvalue weighted by molar-refractivity contribution is 6.00. The van der Waals surface area contributed by atoms with Gasteiger partial charge in [-0.1, -0.05) is 12.1 Å². The van der Waals surface area contributed by atoms with Crippen LogP contribution in [0.1, 0.15) is 17.0 Å². The molecule has 0 aliphatic carbocycles. The van der Waals surface area contributed by atoms with Gasteiger partial charge >= 0.3 is 12.0 Å². The Hall–Kier alpha value is -2.83. The van der Waals surface area contributed by atoms with Gasteiger partial charge in [0.05, 0.1) is 23.5 Å². The highest BCUT2D eigenvalue weighted by Crippen LogP contribution is 2.17. The Morgan fingerprint density at radius 1 is 1.29 bits per heavy atom. The number of nitrogens with one attached hydrogen (secondary N) is 3. The molecule has 0 fully saturated rings. The average molecular weight is 288 g/mol. The second-order valence-electron chi connectivity index (χ2n) is 4.66. The Labute approximate surface area is 121 Å². The Kier molecular flexibility index (Phi) is 4.22. The number of carbonyl (C=O) groups excluding carboxylic acids is 1. The molecule has 7 nitrogen and oxygen atoms in total. The van der Waals surface area contributed by atoms with Crippen LogP contribution in [0.5, 0.6) is 0 Å². The monoisotopic (exact) mass is 288 g/mol. The fourth-order valence-corrected chi connectivity index (χ4v) is 1.94. The first-order valence-corrected chi connectivity index (χ1v) is 6.36. The summed E-state index contributed by atoms with van der Waals surface area (Å²) in [6.45, 7) is 3.59. The maximum atomic E-state index is 11.9. The molecule has 2 amide bonds. The van der Waals surface area contributed by atoms with Gasteiger partial charge in [-0.25, -0.2) is 4.79 Å². The molecule has 2 rings (SSSR count). The molecule has 110 valence electrons. The van der Waals surface area contributed by atoms with E-state index in [-0.39, 0.29) is 6.42 Å². The van der Waals surface area contributed by atoms with Crippen molar-refractivity contribution in [2.75, 3.05) is 10.6 Å². The number of aromatic amines is 1. The first-order valence-electron chi connectivity index (χ1n) is 6.36. The molecule has 0 aliphatic rings. The highest BCUT2D eigenvalue weighted by atomic mass is 16.4. The van der Waals surface area contributed by atoms with Gasteiger partial charge in [-0.2, -0.15) is 5.10 Å². The van der Waals surface area contributed by atoms with E-state index in [2.05, 4.69) is 20.8 Å². The molecule has 1 aromatic heterocycles. The molecular weight excluding hydrogens is 272 g/mol. The number of carboxylic acids is 1. The second-order valence-corrected chi connectivity index (χ2v) is 4.66. The van der Waals surface area contributed by atoms with Crippen molar-refractivity contribution < 1.29 is 14.7 Å². The summed E-state index contributed by atoms with van der Waals surface area (Å²) in [6, 6.07) is 6.31. The lowest BCUT2D eigenvalue weighted by molar-refractivity contribution is -0.136. The standard InChI is InChI=1S/C14H16N4O3/c1-8-13(9(2)18-17-8)16-14(21)15-11-5-3-4-10(6-11)7-12(19)20/h3-6H,7H2,1-2H3,(H,17,18)(H,19,20)(H2,15,16,21). The van der Waals surface area contributed by atoms with E-state index < -0.39 is 12.0 Å². The van der Waals surface area contributed by atoms with Crippen LogP contribution < -0.4 is 10.6 Å². The number of nitrogens with zero attached hydrogens (tertiary/aromatic N) is 1. The summed E-state index contributed by atoms with van der Waals surface area (Å²) in [5.74, 6) is -0.916. The minimum atomic E-state index is -0.916. The van der Waals surface area contributed by atoms with Gasteiger partial charge in [0.1, 0.15) is 0 Å². The van der Waals surface area contributed by atoms with Crippen LogP contribution in [0.15, 0.2) is 24.3 Å². The summed E-state index contributed by atoms with van der Waals surface area (Å²) in [5, 5.41) is 20.9. The van der Waals surface area contributed by atoms with Gasteiger partial charge in [0.25, 0.3) is 0 Å². The molecule has 7 heteroatoms. The molecule has 0 saturated carbocycles. The van der Waals surface area contributed by atoms with E-state index >= 15 is 0 Å². The van der Waals surface area contributed by atoms with Gasteiger partial charge in [0.2, 0.25) is 0 Å². The van der Waals surface area contributed by atoms with Gasteiger partial charge in [0, 0.05) is 5.69 Å². The smallest absolute Gasteiger partial charge is 0.323 e. The van der Waals surface area contributed by atoms with E-state index in [0.29, 0.717) is 22.6 Å². The lowest BCUT2D eigenvalue weighted by Crippen LogP contribution is -2.20. The number of amides is 2. The lowest BCUT2D eigenvalue weighted by Gasteiger charge is -2.08. The molecule has 0 saturated heterocycles. The van der Waals surface area contributed by atoms with Gasteiger partial charge in [-0.15, -0.1) is 0 Å². The van der Waals surface area contributed by atoms with E-state index in [1.54, 1.807) is 31.2 Å². The summed E-state index contributed by atoms with van der Waals surface area (Å²) >= 11 is 0. The number of carboxylic acid groups (broad SMARTS) is 1. The largest absolute Gasteiger partial charge is 0.481 e. The topological polar surface area (TPSA) is 107 Å². The lowest BCUT2D eigenvalue weighted by atomic mass is 10.1. The molecule has 4 N–H and O–H groups in total. The molecule has 2 aromatic rings. The van der Waals surface area contributed by atoms with Crippen molar-refractivity contribution in [3.8, 4) is 0 Å². The molecule has 0 bridgehead atoms. The van der Waals surface area contributed by atoms with Crippen LogP contribution in [0.3, 0.4) is 0 Å². The van der Waals surface area contributed by atoms with Crippen LogP contribution in [0.4, 0.5) is 16.2 Å². The fraction of sp³-hybridized carbons (Fsp3) is 0.214. The SMILES string of the molecule is Cc1n[nH]c(C)c1NC(=O)Nc1cccc(CC(=O)O)c1. The molecule has 1 aromatic carbocycles. The van der Waals surface area contributed by atoms with Crippen LogP contribution in [0, 0.1) is 13.8 Å². The molecule has 1 heterocycles. The van der Waals surface area contributed by atoms with Crippen molar-refractivity contribution in [3.05, 3.63) is 41.2 Å². The van der Waals surface area contributed by atoms with Crippen molar-refractivity contribution in [1.29, 1.82) is 0 Å². The van der Waals surface area contributed by atoms with E-state index in [9.17, 15) is 9.59 Å². The zero-order valence-electron chi connectivity index (χ0n) is 11.7. The van der Waals surface area contributed by atoms with Gasteiger partial charge in [0.15, 0.2) is 0 Å². The number of hydrogen-bond acceptors (Lipinski definition) is 3. The number of urea groups is 1. The third kappa shape index (κ3) is 3.82. The maximum absolute atomic E-state index is 11.9. The third-order valence-corrected chi connectivity index (χ3v) is 2.91. The third-order valence-electron chi connectivity index (χ3n) is 2.91. The maximum Gasteiger partial charge on any atom is 0.323 e. The Morgan fingerprint density at radius 2 is 2.05 bits per heavy atom. The van der Waals surface area contributed by atoms with Gasteiger partial charge in [-0.3, -0.25) is 9.89 Å². The van der Waals surface area contributed by atoms with Crippen LogP contribution >= 0.6 is 0 Å². The molecular formula is C14H16N4O3. The molecule has 0 atom stereocenters. The number of aromatic nitrogens is 2. The van der Waals surface area contributed by atoms with Gasteiger partial charge in [-0.05, 0) is 31.5 Å². The highest BCUT2D eigenvalue weighted by Gasteiger charge is 2.10. The number of rotatable bonds is 4. The van der Waals surface area contributed by atoms with E-state index in [4.69, 9.17) is 5.11 Å². The number of aryl methyl sites for hydroxylation is 2. The summed E-state index contributed by atoms with van der Waals surface area (Å²) in [5.41, 5.74) is 3.25. The van der Waals surface area contributed by atoms with Crippen molar-refractivity contribution in [2.45, 2.75) is 20.3 Å². The predicted octanol–water partition coefficient (Wildman–Crippen LogP) is 2.30. The number of aliphatic carboxylic acids is 1. The molecule has 0 unspecified atom stereocenters. The van der Waals surface area contributed by atoms with E-state index in [0.717, 1.165) is 5.69 Å². The van der Waals surface area contributed by atoms with Crippen molar-refractivity contribution >= 4 is 23.4 Å². The van der Waals surface area contributed by atoms with E-state index in [1.165, 1.54) is 0 Å². The number of hydrogen-bond donors (Lipinski definition) is 4. The number of benzene rings is 1. The second kappa shape index (κ2) is 6.08. The normalized spacial score (nSPS) is 10.2. The summed E-state index contributed by atoms with van der Waals surface area (Å²) in [4.78, 5) is 22.6. The minimum absolute atomic E-state index is 0.0862. The summed E-state index contributed by atoms with van der Waals surface area (Å²) < 4.78 is 0. The Morgan fingerprint density at radius 3 is 2.67 bits per heavy atom. The average Bonchev–Trinajstić information content (AvgIpc) is 2.70. The number of H-pyrrole nitrogens is 1. The van der Waals surface area contributed by atoms with E-state index in [1.807, 2.05) is 6.92 Å². The van der Waals surface area contributed by atoms with Gasteiger partial charge < -0.3 is 15.7 Å². The summed E-state index contributed by atoms with van der Waals surface area (Å²) in [7, 11) is 0. The van der Waals surface area contributed by atoms with Crippen LogP contribution in [-0.4, -0.2) is 27.3 Å². The molecule has 0 radical (unpaired) electrons. The van der Waals surface area contributed by atoms with Crippen molar-refractivity contribution in [2.24, 2.45) is 0 Å². The van der Waals surface area contributed by atoms with Crippen LogP contribution in [0.2, 0.25) is 0 Å². The first kappa shape index (κ1) is 14.6. The number of carbonyl (C=O) groups is 2. The zero-order valence-corrected chi connectivity index (χ0v) is 11.7.